The maximum atomic E-state index is 11.2. The van der Waals surface area contributed by atoms with Crippen molar-refractivity contribution in [1.29, 1.82) is 0 Å². The summed E-state index contributed by atoms with van der Waals surface area (Å²) >= 11 is 6.17. The van der Waals surface area contributed by atoms with Crippen LogP contribution in [0.5, 0.6) is 0 Å². The Morgan fingerprint density at radius 1 is 1.26 bits per heavy atom. The van der Waals surface area contributed by atoms with E-state index in [9.17, 15) is 4.79 Å². The fourth-order valence-corrected chi connectivity index (χ4v) is 2.40. The van der Waals surface area contributed by atoms with Gasteiger partial charge in [-0.3, -0.25) is 9.36 Å². The molecular formula is C12H15ClN4O2. The van der Waals surface area contributed by atoms with Gasteiger partial charge >= 0.3 is 5.97 Å². The molecule has 7 heteroatoms. The van der Waals surface area contributed by atoms with Crippen LogP contribution >= 0.6 is 11.6 Å². The molecule has 2 aromatic heterocycles. The third kappa shape index (κ3) is 2.23. The first-order valence-corrected chi connectivity index (χ1v) is 6.16. The van der Waals surface area contributed by atoms with Crippen LogP contribution in [0.2, 0.25) is 5.15 Å². The van der Waals surface area contributed by atoms with Crippen LogP contribution in [0.3, 0.4) is 0 Å². The van der Waals surface area contributed by atoms with Crippen LogP contribution in [0, 0.1) is 20.8 Å². The molecule has 0 bridgehead atoms. The molecule has 1 N–H and O–H groups in total. The molecule has 0 saturated carbocycles. The number of aromatic carboxylic acids is 1. The lowest BCUT2D eigenvalue weighted by atomic mass is 10.2. The van der Waals surface area contributed by atoms with Gasteiger partial charge in [-0.15, -0.1) is 0 Å². The Labute approximate surface area is 115 Å². The Bertz CT molecular complexity index is 657. The van der Waals surface area contributed by atoms with Crippen LogP contribution in [-0.2, 0) is 13.6 Å². The average Bonchev–Trinajstić information content (AvgIpc) is 2.71. The van der Waals surface area contributed by atoms with Crippen molar-refractivity contribution in [2.45, 2.75) is 27.3 Å². The van der Waals surface area contributed by atoms with Crippen LogP contribution in [0.25, 0.3) is 0 Å². The number of carboxylic acid groups (broad SMARTS) is 1. The molecule has 0 aromatic carbocycles. The van der Waals surface area contributed by atoms with Crippen molar-refractivity contribution in [3.8, 4) is 0 Å². The van der Waals surface area contributed by atoms with Crippen molar-refractivity contribution in [3.05, 3.63) is 33.4 Å². The van der Waals surface area contributed by atoms with E-state index in [4.69, 9.17) is 16.7 Å². The summed E-state index contributed by atoms with van der Waals surface area (Å²) < 4.78 is 3.24. The van der Waals surface area contributed by atoms with E-state index < -0.39 is 5.97 Å². The fourth-order valence-electron chi connectivity index (χ4n) is 2.16. The van der Waals surface area contributed by atoms with E-state index in [1.807, 2.05) is 6.92 Å². The number of aryl methyl sites for hydroxylation is 3. The van der Waals surface area contributed by atoms with Crippen LogP contribution in [-0.4, -0.2) is 30.6 Å². The normalized spacial score (nSPS) is 11.0. The fraction of sp³-hybridized carbons (Fsp3) is 0.417. The lowest BCUT2D eigenvalue weighted by Crippen LogP contribution is -2.06. The number of rotatable bonds is 3. The summed E-state index contributed by atoms with van der Waals surface area (Å²) in [5, 5.41) is 18.2. The van der Waals surface area contributed by atoms with E-state index >= 15 is 0 Å². The highest BCUT2D eigenvalue weighted by molar-refractivity contribution is 6.30. The van der Waals surface area contributed by atoms with Crippen molar-refractivity contribution in [2.75, 3.05) is 0 Å². The smallest absolute Gasteiger partial charge is 0.339 e. The van der Waals surface area contributed by atoms with Gasteiger partial charge in [-0.2, -0.15) is 10.2 Å². The highest BCUT2D eigenvalue weighted by Gasteiger charge is 2.20. The Hall–Kier alpha value is -1.82. The van der Waals surface area contributed by atoms with Gasteiger partial charge in [0.05, 0.1) is 23.6 Å². The van der Waals surface area contributed by atoms with Crippen molar-refractivity contribution in [2.24, 2.45) is 7.05 Å². The molecule has 2 heterocycles. The van der Waals surface area contributed by atoms with Crippen LogP contribution in [0.4, 0.5) is 0 Å². The average molecular weight is 283 g/mol. The third-order valence-corrected chi connectivity index (χ3v) is 3.65. The van der Waals surface area contributed by atoms with Gasteiger partial charge in [-0.1, -0.05) is 11.6 Å². The molecule has 2 aromatic rings. The van der Waals surface area contributed by atoms with E-state index in [0.29, 0.717) is 23.1 Å². The highest BCUT2D eigenvalue weighted by atomic mass is 35.5. The van der Waals surface area contributed by atoms with Crippen molar-refractivity contribution in [1.82, 2.24) is 19.6 Å². The topological polar surface area (TPSA) is 72.9 Å². The van der Waals surface area contributed by atoms with Crippen LogP contribution in [0.1, 0.15) is 33.0 Å². The Morgan fingerprint density at radius 3 is 2.32 bits per heavy atom. The third-order valence-electron chi connectivity index (χ3n) is 3.17. The van der Waals surface area contributed by atoms with Gasteiger partial charge in [0.15, 0.2) is 0 Å². The summed E-state index contributed by atoms with van der Waals surface area (Å²) in [5.74, 6) is -0.963. The van der Waals surface area contributed by atoms with Gasteiger partial charge in [0, 0.05) is 12.6 Å². The first-order chi connectivity index (χ1) is 8.82. The minimum absolute atomic E-state index is 0.248. The zero-order valence-corrected chi connectivity index (χ0v) is 12.0. The Morgan fingerprint density at radius 2 is 1.89 bits per heavy atom. The number of carboxylic acids is 1. The van der Waals surface area contributed by atoms with Gasteiger partial charge in [-0.25, -0.2) is 4.79 Å². The molecule has 0 amide bonds. The summed E-state index contributed by atoms with van der Waals surface area (Å²) in [6, 6.07) is 0. The predicted octanol–water partition coefficient (Wildman–Crippen LogP) is 1.94. The molecule has 0 radical (unpaired) electrons. The summed E-state index contributed by atoms with van der Waals surface area (Å²) in [6.07, 6.45) is 0. The maximum absolute atomic E-state index is 11.2. The second-order valence-corrected chi connectivity index (χ2v) is 4.85. The van der Waals surface area contributed by atoms with E-state index in [2.05, 4.69) is 10.2 Å². The van der Waals surface area contributed by atoms with Crippen LogP contribution < -0.4 is 0 Å². The van der Waals surface area contributed by atoms with Gasteiger partial charge in [-0.05, 0) is 20.8 Å². The number of carbonyl (C=O) groups is 1. The molecule has 0 spiro atoms. The summed E-state index contributed by atoms with van der Waals surface area (Å²) in [5.41, 5.74) is 3.04. The number of hydrogen-bond donors (Lipinski definition) is 1. The zero-order valence-electron chi connectivity index (χ0n) is 11.2. The highest BCUT2D eigenvalue weighted by Crippen LogP contribution is 2.21. The second kappa shape index (κ2) is 4.70. The molecule has 19 heavy (non-hydrogen) atoms. The molecule has 0 aliphatic heterocycles. The van der Waals surface area contributed by atoms with Gasteiger partial charge in [0.25, 0.3) is 0 Å². The molecule has 2 rings (SSSR count). The summed E-state index contributed by atoms with van der Waals surface area (Å²) in [4.78, 5) is 11.2. The minimum Gasteiger partial charge on any atom is -0.478 e. The largest absolute Gasteiger partial charge is 0.478 e. The molecule has 0 fully saturated rings. The molecule has 102 valence electrons. The first kappa shape index (κ1) is 13.6. The number of hydrogen-bond acceptors (Lipinski definition) is 3. The zero-order chi connectivity index (χ0) is 14.3. The Kier molecular flexibility index (Phi) is 3.36. The summed E-state index contributed by atoms with van der Waals surface area (Å²) in [6.45, 7) is 5.71. The van der Waals surface area contributed by atoms with Crippen molar-refractivity contribution in [3.63, 3.8) is 0 Å². The number of aromatic nitrogens is 4. The number of halogens is 1. The van der Waals surface area contributed by atoms with Crippen molar-refractivity contribution >= 4 is 17.6 Å². The molecular weight excluding hydrogens is 268 g/mol. The maximum Gasteiger partial charge on any atom is 0.339 e. The van der Waals surface area contributed by atoms with Gasteiger partial charge in [0.1, 0.15) is 10.7 Å². The molecule has 0 aliphatic carbocycles. The van der Waals surface area contributed by atoms with E-state index in [-0.39, 0.29) is 5.56 Å². The monoisotopic (exact) mass is 282 g/mol. The van der Waals surface area contributed by atoms with E-state index in [1.54, 1.807) is 30.3 Å². The SMILES string of the molecule is Cc1nn(C)c(Cl)c1Cn1nc(C)c(C(=O)O)c1C. The van der Waals surface area contributed by atoms with E-state index in [0.717, 1.165) is 11.3 Å². The lowest BCUT2D eigenvalue weighted by molar-refractivity contribution is 0.0695. The van der Waals surface area contributed by atoms with Crippen LogP contribution in [0.15, 0.2) is 0 Å². The standard InChI is InChI=1S/C12H15ClN4O2/c1-6-9(11(13)16(4)14-6)5-17-8(3)10(12(18)19)7(2)15-17/h5H2,1-4H3,(H,18,19). The molecule has 0 saturated heterocycles. The lowest BCUT2D eigenvalue weighted by Gasteiger charge is -2.04. The summed E-state index contributed by atoms with van der Waals surface area (Å²) in [7, 11) is 1.77. The first-order valence-electron chi connectivity index (χ1n) is 5.78. The van der Waals surface area contributed by atoms with Crippen molar-refractivity contribution < 1.29 is 9.90 Å². The minimum atomic E-state index is -0.963. The predicted molar refractivity (Wildman–Crippen MR) is 70.7 cm³/mol. The molecule has 0 unspecified atom stereocenters. The second-order valence-electron chi connectivity index (χ2n) is 4.49. The van der Waals surface area contributed by atoms with E-state index in [1.165, 1.54) is 0 Å². The van der Waals surface area contributed by atoms with Gasteiger partial charge < -0.3 is 5.11 Å². The molecule has 0 aliphatic rings. The molecule has 6 nitrogen and oxygen atoms in total. The Balaban J connectivity index is 2.45. The quantitative estimate of drug-likeness (QED) is 0.934. The molecule has 0 atom stereocenters. The number of nitrogens with zero attached hydrogens (tertiary/aromatic N) is 4. The van der Waals surface area contributed by atoms with Gasteiger partial charge in [0.2, 0.25) is 0 Å².